The van der Waals surface area contributed by atoms with Crippen LogP contribution in [0.25, 0.3) is 0 Å². The predicted octanol–water partition coefficient (Wildman–Crippen LogP) is -0.0433. The first-order chi connectivity index (χ1) is 6.67. The van der Waals surface area contributed by atoms with Gasteiger partial charge in [-0.2, -0.15) is 9.90 Å². The van der Waals surface area contributed by atoms with Gasteiger partial charge in [0.2, 0.25) is 0 Å². The molecule has 0 aromatic carbocycles. The molecule has 1 rings (SSSR count). The first-order valence-electron chi connectivity index (χ1n) is 4.30. The van der Waals surface area contributed by atoms with Crippen LogP contribution in [-0.2, 0) is 7.05 Å². The molecule has 1 unspecified atom stereocenters. The molecule has 0 aliphatic heterocycles. The van der Waals surface area contributed by atoms with E-state index in [9.17, 15) is 4.79 Å². The molecule has 0 spiro atoms. The molecule has 5 nitrogen and oxygen atoms in total. The minimum absolute atomic E-state index is 0.246. The Hall–Kier alpha value is -1.83. The molecule has 0 bridgehead atoms. The fourth-order valence-corrected chi connectivity index (χ4v) is 0.944. The number of carbonyl (C=O) groups is 1. The molecule has 0 fully saturated rings. The van der Waals surface area contributed by atoms with Crippen molar-refractivity contribution < 1.29 is 4.79 Å². The first kappa shape index (κ1) is 10.3. The summed E-state index contributed by atoms with van der Waals surface area (Å²) < 4.78 is 0. The molecule has 0 saturated heterocycles. The molecule has 0 aliphatic carbocycles. The van der Waals surface area contributed by atoms with Crippen LogP contribution in [0, 0.1) is 12.3 Å². The Morgan fingerprint density at radius 2 is 2.57 bits per heavy atom. The van der Waals surface area contributed by atoms with Crippen LogP contribution in [0.4, 0.5) is 0 Å². The molecule has 0 aliphatic rings. The molecule has 5 heteroatoms. The van der Waals surface area contributed by atoms with Gasteiger partial charge in [-0.1, -0.05) is 12.8 Å². The lowest BCUT2D eigenvalue weighted by molar-refractivity contribution is 0.0939. The Balaban J connectivity index is 2.64. The van der Waals surface area contributed by atoms with Crippen LogP contribution in [-0.4, -0.2) is 26.9 Å². The summed E-state index contributed by atoms with van der Waals surface area (Å²) in [6, 6.07) is -0.246. The third kappa shape index (κ3) is 2.33. The van der Waals surface area contributed by atoms with Crippen LogP contribution in [0.2, 0.25) is 0 Å². The van der Waals surface area contributed by atoms with Gasteiger partial charge in [0, 0.05) is 7.05 Å². The fourth-order valence-electron chi connectivity index (χ4n) is 0.944. The number of rotatable bonds is 3. The molecular weight excluding hydrogens is 180 g/mol. The molecular formula is C9H12N4O. The topological polar surface area (TPSA) is 59.8 Å². The summed E-state index contributed by atoms with van der Waals surface area (Å²) in [5.74, 6) is 2.18. The van der Waals surface area contributed by atoms with Crippen LogP contribution in [0.5, 0.6) is 0 Å². The van der Waals surface area contributed by atoms with Crippen molar-refractivity contribution in [3.8, 4) is 12.3 Å². The SMILES string of the molecule is C#CC(CC)NC(=O)c1cnn(C)n1. The number of terminal acetylenes is 1. The third-order valence-electron chi connectivity index (χ3n) is 1.75. The number of aryl methyl sites for hydroxylation is 1. The lowest BCUT2D eigenvalue weighted by atomic mass is 10.2. The fraction of sp³-hybridized carbons (Fsp3) is 0.444. The molecule has 1 heterocycles. The van der Waals surface area contributed by atoms with Gasteiger partial charge in [-0.05, 0) is 6.42 Å². The van der Waals surface area contributed by atoms with Crippen molar-refractivity contribution >= 4 is 5.91 Å². The highest BCUT2D eigenvalue weighted by Crippen LogP contribution is 1.94. The van der Waals surface area contributed by atoms with Crippen molar-refractivity contribution in [1.82, 2.24) is 20.3 Å². The number of carbonyl (C=O) groups excluding carboxylic acids is 1. The summed E-state index contributed by atoms with van der Waals surface area (Å²) in [7, 11) is 1.65. The predicted molar refractivity (Wildman–Crippen MR) is 51.4 cm³/mol. The van der Waals surface area contributed by atoms with Crippen molar-refractivity contribution in [2.24, 2.45) is 7.05 Å². The average molecular weight is 192 g/mol. The molecule has 0 radical (unpaired) electrons. The molecule has 0 saturated carbocycles. The maximum absolute atomic E-state index is 11.5. The van der Waals surface area contributed by atoms with Crippen molar-refractivity contribution in [3.63, 3.8) is 0 Å². The third-order valence-corrected chi connectivity index (χ3v) is 1.75. The minimum Gasteiger partial charge on any atom is -0.337 e. The van der Waals surface area contributed by atoms with Gasteiger partial charge in [-0.3, -0.25) is 4.79 Å². The largest absolute Gasteiger partial charge is 0.337 e. The highest BCUT2D eigenvalue weighted by Gasteiger charge is 2.12. The second-order valence-corrected chi connectivity index (χ2v) is 2.82. The Labute approximate surface area is 82.5 Å². The van der Waals surface area contributed by atoms with E-state index >= 15 is 0 Å². The Kier molecular flexibility index (Phi) is 3.24. The van der Waals surface area contributed by atoms with Gasteiger partial charge in [0.25, 0.3) is 5.91 Å². The molecule has 1 aromatic heterocycles. The molecule has 1 atom stereocenters. The van der Waals surface area contributed by atoms with E-state index in [0.29, 0.717) is 6.42 Å². The summed E-state index contributed by atoms with van der Waals surface area (Å²) in [6.45, 7) is 1.90. The second-order valence-electron chi connectivity index (χ2n) is 2.82. The Morgan fingerprint density at radius 1 is 1.86 bits per heavy atom. The van der Waals surface area contributed by atoms with E-state index in [0.717, 1.165) is 0 Å². The monoisotopic (exact) mass is 192 g/mol. The zero-order valence-electron chi connectivity index (χ0n) is 8.19. The zero-order valence-corrected chi connectivity index (χ0v) is 8.19. The highest BCUT2D eigenvalue weighted by atomic mass is 16.2. The van der Waals surface area contributed by atoms with E-state index < -0.39 is 0 Å². The zero-order chi connectivity index (χ0) is 10.6. The van der Waals surface area contributed by atoms with Crippen molar-refractivity contribution in [1.29, 1.82) is 0 Å². The van der Waals surface area contributed by atoms with E-state index in [2.05, 4.69) is 21.4 Å². The Bertz CT molecular complexity index is 363. The van der Waals surface area contributed by atoms with Gasteiger partial charge >= 0.3 is 0 Å². The van der Waals surface area contributed by atoms with Crippen molar-refractivity contribution in [2.75, 3.05) is 0 Å². The Morgan fingerprint density at radius 3 is 3.00 bits per heavy atom. The van der Waals surface area contributed by atoms with Gasteiger partial charge < -0.3 is 5.32 Å². The molecule has 1 N–H and O–H groups in total. The van der Waals surface area contributed by atoms with E-state index in [-0.39, 0.29) is 17.6 Å². The summed E-state index contributed by atoms with van der Waals surface area (Å²) in [5.41, 5.74) is 0.279. The highest BCUT2D eigenvalue weighted by molar-refractivity contribution is 5.92. The van der Waals surface area contributed by atoms with Crippen molar-refractivity contribution in [2.45, 2.75) is 19.4 Å². The molecule has 1 aromatic rings. The van der Waals surface area contributed by atoms with Crippen LogP contribution in [0.1, 0.15) is 23.8 Å². The summed E-state index contributed by atoms with van der Waals surface area (Å²) in [4.78, 5) is 12.8. The van der Waals surface area contributed by atoms with Crippen LogP contribution in [0.15, 0.2) is 6.20 Å². The average Bonchev–Trinajstić information content (AvgIpc) is 2.61. The molecule has 74 valence electrons. The van der Waals surface area contributed by atoms with Gasteiger partial charge in [-0.15, -0.1) is 11.5 Å². The lowest BCUT2D eigenvalue weighted by Gasteiger charge is -2.08. The van der Waals surface area contributed by atoms with Crippen LogP contribution >= 0.6 is 0 Å². The number of aromatic nitrogens is 3. The first-order valence-corrected chi connectivity index (χ1v) is 4.30. The van der Waals surface area contributed by atoms with E-state index in [4.69, 9.17) is 6.42 Å². The van der Waals surface area contributed by atoms with Gasteiger partial charge in [0.05, 0.1) is 12.2 Å². The normalized spacial score (nSPS) is 11.8. The van der Waals surface area contributed by atoms with Crippen LogP contribution in [0.3, 0.4) is 0 Å². The molecule has 1 amide bonds. The van der Waals surface area contributed by atoms with E-state index in [1.165, 1.54) is 11.0 Å². The standard InChI is InChI=1S/C9H12N4O/c1-4-7(5-2)11-9(14)8-6-10-13(3)12-8/h1,6-7H,5H2,2-3H3,(H,11,14). The van der Waals surface area contributed by atoms with Crippen molar-refractivity contribution in [3.05, 3.63) is 11.9 Å². The summed E-state index contributed by atoms with van der Waals surface area (Å²) in [5, 5.41) is 10.3. The number of hydrogen-bond donors (Lipinski definition) is 1. The van der Waals surface area contributed by atoms with Crippen LogP contribution < -0.4 is 5.32 Å². The van der Waals surface area contributed by atoms with E-state index in [1.54, 1.807) is 7.05 Å². The number of nitrogens with one attached hydrogen (secondary N) is 1. The lowest BCUT2D eigenvalue weighted by Crippen LogP contribution is -2.33. The second kappa shape index (κ2) is 4.42. The van der Waals surface area contributed by atoms with Gasteiger partial charge in [0.1, 0.15) is 0 Å². The number of hydrogen-bond acceptors (Lipinski definition) is 3. The van der Waals surface area contributed by atoms with E-state index in [1.807, 2.05) is 6.92 Å². The number of nitrogens with zero attached hydrogens (tertiary/aromatic N) is 3. The smallest absolute Gasteiger partial charge is 0.274 e. The maximum Gasteiger partial charge on any atom is 0.274 e. The number of amides is 1. The minimum atomic E-state index is -0.289. The maximum atomic E-state index is 11.5. The summed E-state index contributed by atoms with van der Waals surface area (Å²) >= 11 is 0. The van der Waals surface area contributed by atoms with Gasteiger partial charge in [0.15, 0.2) is 5.69 Å². The summed E-state index contributed by atoms with van der Waals surface area (Å²) in [6.07, 6.45) is 7.31. The molecule has 14 heavy (non-hydrogen) atoms. The van der Waals surface area contributed by atoms with Gasteiger partial charge in [-0.25, -0.2) is 0 Å². The quantitative estimate of drug-likeness (QED) is 0.683.